The summed E-state index contributed by atoms with van der Waals surface area (Å²) in [5, 5.41) is 12.2. The molecule has 0 radical (unpaired) electrons. The highest BCUT2D eigenvalue weighted by Crippen LogP contribution is 2.27. The molecule has 1 unspecified atom stereocenters. The molecular formula is C23H29N7O3S. The molecular weight excluding hydrogens is 454 g/mol. The second kappa shape index (κ2) is 10.3. The first-order valence-corrected chi connectivity index (χ1v) is 12.4. The predicted octanol–water partition coefficient (Wildman–Crippen LogP) is 2.55. The molecule has 2 N–H and O–H groups in total. The van der Waals surface area contributed by atoms with E-state index in [1.54, 1.807) is 35.0 Å². The molecule has 4 rings (SSSR count). The Morgan fingerprint density at radius 1 is 1.26 bits per heavy atom. The third-order valence-corrected chi connectivity index (χ3v) is 6.13. The van der Waals surface area contributed by atoms with Crippen LogP contribution < -0.4 is 20.3 Å². The molecule has 11 heteroatoms. The number of fused-ring (bicyclic) bond motifs is 1. The number of nitrogens with zero attached hydrogens (tertiary/aromatic N) is 5. The molecule has 1 aliphatic rings. The van der Waals surface area contributed by atoms with E-state index in [2.05, 4.69) is 39.5 Å². The van der Waals surface area contributed by atoms with Gasteiger partial charge in [0.2, 0.25) is 11.8 Å². The van der Waals surface area contributed by atoms with Crippen LogP contribution in [0.2, 0.25) is 0 Å². The largest absolute Gasteiger partial charge is 0.497 e. The molecule has 0 bridgehead atoms. The molecule has 10 nitrogen and oxygen atoms in total. The fraction of sp³-hybridized carbons (Fsp3) is 0.435. The molecule has 3 heterocycles. The van der Waals surface area contributed by atoms with E-state index >= 15 is 0 Å². The average Bonchev–Trinajstić information content (AvgIpc) is 3.42. The van der Waals surface area contributed by atoms with Crippen molar-refractivity contribution in [3.8, 4) is 5.75 Å². The number of rotatable bonds is 9. The van der Waals surface area contributed by atoms with Crippen LogP contribution in [0.15, 0.2) is 35.6 Å². The van der Waals surface area contributed by atoms with Crippen molar-refractivity contribution < 1.29 is 14.3 Å². The second-order valence-electron chi connectivity index (χ2n) is 8.36. The van der Waals surface area contributed by atoms with Gasteiger partial charge >= 0.3 is 0 Å². The van der Waals surface area contributed by atoms with Gasteiger partial charge in [0, 0.05) is 31.2 Å². The van der Waals surface area contributed by atoms with Crippen LogP contribution >= 0.6 is 11.8 Å². The van der Waals surface area contributed by atoms with Crippen LogP contribution in [0.4, 0.5) is 11.5 Å². The summed E-state index contributed by atoms with van der Waals surface area (Å²) in [6.07, 6.45) is 3.87. The lowest BCUT2D eigenvalue weighted by Crippen LogP contribution is -2.35. The summed E-state index contributed by atoms with van der Waals surface area (Å²) >= 11 is 1.47. The van der Waals surface area contributed by atoms with Gasteiger partial charge in [-0.15, -0.1) is 0 Å². The van der Waals surface area contributed by atoms with Crippen molar-refractivity contribution in [1.82, 2.24) is 25.1 Å². The van der Waals surface area contributed by atoms with Gasteiger partial charge in [0.25, 0.3) is 0 Å². The summed E-state index contributed by atoms with van der Waals surface area (Å²) in [6.45, 7) is 5.31. The maximum atomic E-state index is 12.8. The lowest BCUT2D eigenvalue weighted by atomic mass is 10.1. The molecule has 0 aliphatic carbocycles. The lowest BCUT2D eigenvalue weighted by Gasteiger charge is -2.17. The highest BCUT2D eigenvalue weighted by molar-refractivity contribution is 7.98. The number of aromatic nitrogens is 4. The number of thioether (sulfide) groups is 1. The minimum absolute atomic E-state index is 0.0603. The van der Waals surface area contributed by atoms with Gasteiger partial charge in [0.1, 0.15) is 11.6 Å². The molecule has 1 fully saturated rings. The zero-order valence-corrected chi connectivity index (χ0v) is 20.6. The third kappa shape index (κ3) is 5.09. The topological polar surface area (TPSA) is 114 Å². The molecule has 1 aromatic carbocycles. The lowest BCUT2D eigenvalue weighted by molar-refractivity contribution is -0.126. The predicted molar refractivity (Wildman–Crippen MR) is 132 cm³/mol. The number of hydrogen-bond acceptors (Lipinski definition) is 8. The van der Waals surface area contributed by atoms with Gasteiger partial charge in [-0.3, -0.25) is 9.59 Å². The van der Waals surface area contributed by atoms with Crippen molar-refractivity contribution in [2.75, 3.05) is 36.7 Å². The summed E-state index contributed by atoms with van der Waals surface area (Å²) < 4.78 is 6.94. The highest BCUT2D eigenvalue weighted by Gasteiger charge is 2.35. The van der Waals surface area contributed by atoms with Crippen LogP contribution in [-0.4, -0.2) is 64.1 Å². The zero-order chi connectivity index (χ0) is 24.2. The SMILES string of the molecule is COc1ccc(N2CC(C(=O)NCCn3ncc4c(NC(C)C)nc(SC)nc43)CC2=O)cc1. The Kier molecular flexibility index (Phi) is 7.20. The minimum Gasteiger partial charge on any atom is -0.497 e. The van der Waals surface area contributed by atoms with E-state index in [1.165, 1.54) is 11.8 Å². The van der Waals surface area contributed by atoms with Gasteiger partial charge < -0.3 is 20.3 Å². The number of methoxy groups -OCH3 is 1. The smallest absolute Gasteiger partial charge is 0.227 e. The van der Waals surface area contributed by atoms with Crippen molar-refractivity contribution in [2.24, 2.45) is 5.92 Å². The number of anilines is 2. The molecule has 34 heavy (non-hydrogen) atoms. The van der Waals surface area contributed by atoms with Crippen LogP contribution in [0.3, 0.4) is 0 Å². The molecule has 180 valence electrons. The van der Waals surface area contributed by atoms with Crippen molar-refractivity contribution in [3.05, 3.63) is 30.5 Å². The van der Waals surface area contributed by atoms with Crippen molar-refractivity contribution in [2.45, 2.75) is 38.0 Å². The summed E-state index contributed by atoms with van der Waals surface area (Å²) in [7, 11) is 1.60. The van der Waals surface area contributed by atoms with E-state index < -0.39 is 5.92 Å². The van der Waals surface area contributed by atoms with Crippen LogP contribution in [0.25, 0.3) is 11.0 Å². The zero-order valence-electron chi connectivity index (χ0n) is 19.7. The fourth-order valence-electron chi connectivity index (χ4n) is 3.90. The molecule has 1 atom stereocenters. The van der Waals surface area contributed by atoms with Crippen LogP contribution in [-0.2, 0) is 16.1 Å². The maximum Gasteiger partial charge on any atom is 0.227 e. The van der Waals surface area contributed by atoms with Gasteiger partial charge in [-0.05, 0) is 44.4 Å². The Morgan fingerprint density at radius 3 is 2.71 bits per heavy atom. The first kappa shape index (κ1) is 23.8. The van der Waals surface area contributed by atoms with E-state index in [4.69, 9.17) is 4.74 Å². The number of benzene rings is 1. The van der Waals surface area contributed by atoms with Crippen molar-refractivity contribution in [1.29, 1.82) is 0 Å². The van der Waals surface area contributed by atoms with Gasteiger partial charge in [-0.1, -0.05) is 11.8 Å². The number of carbonyl (C=O) groups is 2. The van der Waals surface area contributed by atoms with Crippen molar-refractivity contribution >= 4 is 46.1 Å². The quantitative estimate of drug-likeness (QED) is 0.353. The van der Waals surface area contributed by atoms with E-state index in [0.717, 1.165) is 28.3 Å². The normalized spacial score (nSPS) is 15.9. The fourth-order valence-corrected chi connectivity index (χ4v) is 4.26. The summed E-state index contributed by atoms with van der Waals surface area (Å²) in [5.74, 6) is 0.883. The standard InChI is InChI=1S/C23H29N7O3S/c1-14(2)26-20-18-12-25-30(21(18)28-23(27-20)34-4)10-9-24-22(32)15-11-19(31)29(13-15)16-5-7-17(33-3)8-6-16/h5-8,12,14-15H,9-11,13H2,1-4H3,(H,24,32)(H,26,27,28). The first-order chi connectivity index (χ1) is 16.4. The monoisotopic (exact) mass is 483 g/mol. The molecule has 2 amide bonds. The van der Waals surface area contributed by atoms with Crippen LogP contribution in [0, 0.1) is 5.92 Å². The van der Waals surface area contributed by atoms with E-state index in [0.29, 0.717) is 24.8 Å². The molecule has 2 aromatic heterocycles. The van der Waals surface area contributed by atoms with Crippen LogP contribution in [0.5, 0.6) is 5.75 Å². The van der Waals surface area contributed by atoms with E-state index in [1.807, 2.05) is 18.4 Å². The van der Waals surface area contributed by atoms with Gasteiger partial charge in [0.15, 0.2) is 10.8 Å². The Bertz CT molecular complexity index is 1180. The molecule has 0 saturated carbocycles. The average molecular weight is 484 g/mol. The number of carbonyl (C=O) groups excluding carboxylic acids is 2. The minimum atomic E-state index is -0.392. The van der Waals surface area contributed by atoms with Gasteiger partial charge in [-0.2, -0.15) is 5.10 Å². The molecule has 1 aliphatic heterocycles. The second-order valence-corrected chi connectivity index (χ2v) is 9.13. The third-order valence-electron chi connectivity index (χ3n) is 5.59. The number of ether oxygens (including phenoxy) is 1. The van der Waals surface area contributed by atoms with Crippen molar-refractivity contribution in [3.63, 3.8) is 0 Å². The molecule has 3 aromatic rings. The highest BCUT2D eigenvalue weighted by atomic mass is 32.2. The Balaban J connectivity index is 1.38. The molecule has 0 spiro atoms. The number of hydrogen-bond donors (Lipinski definition) is 2. The number of nitrogens with one attached hydrogen (secondary N) is 2. The van der Waals surface area contributed by atoms with Gasteiger partial charge in [0.05, 0.1) is 31.2 Å². The Hall–Kier alpha value is -3.34. The Morgan fingerprint density at radius 2 is 2.03 bits per heavy atom. The summed E-state index contributed by atoms with van der Waals surface area (Å²) in [4.78, 5) is 36.1. The Labute approximate surface area is 202 Å². The number of amides is 2. The van der Waals surface area contributed by atoms with Gasteiger partial charge in [-0.25, -0.2) is 14.6 Å². The van der Waals surface area contributed by atoms with E-state index in [9.17, 15) is 9.59 Å². The van der Waals surface area contributed by atoms with Crippen LogP contribution in [0.1, 0.15) is 20.3 Å². The summed E-state index contributed by atoms with van der Waals surface area (Å²) in [6, 6.07) is 7.48. The summed E-state index contributed by atoms with van der Waals surface area (Å²) in [5.41, 5.74) is 1.48. The van der Waals surface area contributed by atoms with E-state index in [-0.39, 0.29) is 24.3 Å². The molecule has 1 saturated heterocycles. The maximum absolute atomic E-state index is 12.8. The first-order valence-electron chi connectivity index (χ1n) is 11.2.